The Kier molecular flexibility index (Phi) is 5.09. The highest BCUT2D eigenvalue weighted by atomic mass is 19.1. The van der Waals surface area contributed by atoms with Gasteiger partial charge in [0.05, 0.1) is 6.10 Å². The first-order valence-electron chi connectivity index (χ1n) is 5.45. The van der Waals surface area contributed by atoms with Crippen molar-refractivity contribution in [1.82, 2.24) is 4.98 Å². The van der Waals surface area contributed by atoms with Gasteiger partial charge < -0.3 is 15.4 Å². The molecule has 0 aliphatic rings. The van der Waals surface area contributed by atoms with Crippen LogP contribution in [0, 0.1) is 11.6 Å². The van der Waals surface area contributed by atoms with Gasteiger partial charge in [-0.2, -0.15) is 0 Å². The van der Waals surface area contributed by atoms with E-state index in [1.165, 1.54) is 0 Å². The van der Waals surface area contributed by atoms with E-state index in [2.05, 4.69) is 15.6 Å². The molecule has 0 amide bonds. The van der Waals surface area contributed by atoms with Crippen LogP contribution >= 0.6 is 0 Å². The van der Waals surface area contributed by atoms with Gasteiger partial charge in [0.2, 0.25) is 0 Å². The number of pyridine rings is 1. The lowest BCUT2D eigenvalue weighted by molar-refractivity contribution is 0.128. The van der Waals surface area contributed by atoms with E-state index in [0.717, 1.165) is 6.07 Å². The first kappa shape index (κ1) is 13.6. The van der Waals surface area contributed by atoms with Crippen LogP contribution in [-0.2, 0) is 4.74 Å². The van der Waals surface area contributed by atoms with Gasteiger partial charge in [0.25, 0.3) is 0 Å². The first-order valence-corrected chi connectivity index (χ1v) is 5.45. The van der Waals surface area contributed by atoms with Crippen LogP contribution in [0.1, 0.15) is 13.8 Å². The lowest BCUT2D eigenvalue weighted by Gasteiger charge is -2.13. The van der Waals surface area contributed by atoms with E-state index in [9.17, 15) is 8.78 Å². The molecule has 1 aromatic rings. The van der Waals surface area contributed by atoms with Crippen LogP contribution in [0.25, 0.3) is 0 Å². The van der Waals surface area contributed by atoms with Crippen molar-refractivity contribution in [2.24, 2.45) is 0 Å². The Morgan fingerprint density at radius 3 is 2.41 bits per heavy atom. The first-order chi connectivity index (χ1) is 8.08. The molecule has 2 N–H and O–H groups in total. The Hall–Kier alpha value is -1.43. The second-order valence-electron chi connectivity index (χ2n) is 3.61. The van der Waals surface area contributed by atoms with Crippen LogP contribution in [0.5, 0.6) is 0 Å². The zero-order valence-corrected chi connectivity index (χ0v) is 10.2. The zero-order chi connectivity index (χ0) is 12.8. The van der Waals surface area contributed by atoms with Gasteiger partial charge >= 0.3 is 0 Å². The third kappa shape index (κ3) is 3.81. The van der Waals surface area contributed by atoms with Crippen LogP contribution in [0.3, 0.4) is 0 Å². The lowest BCUT2D eigenvalue weighted by atomic mass is 10.3. The second kappa shape index (κ2) is 6.34. The van der Waals surface area contributed by atoms with Gasteiger partial charge in [-0.15, -0.1) is 0 Å². The Balaban J connectivity index is 2.80. The molecular formula is C11H17F2N3O. The maximum atomic E-state index is 13.4. The van der Waals surface area contributed by atoms with E-state index in [0.29, 0.717) is 13.1 Å². The van der Waals surface area contributed by atoms with E-state index in [1.807, 2.05) is 13.8 Å². The fourth-order valence-electron chi connectivity index (χ4n) is 1.21. The van der Waals surface area contributed by atoms with Crippen LogP contribution in [0.4, 0.5) is 20.4 Å². The van der Waals surface area contributed by atoms with Crippen molar-refractivity contribution in [3.8, 4) is 0 Å². The molecule has 17 heavy (non-hydrogen) atoms. The molecule has 4 nitrogen and oxygen atoms in total. The topological polar surface area (TPSA) is 46.2 Å². The van der Waals surface area contributed by atoms with Gasteiger partial charge in [0, 0.05) is 26.3 Å². The van der Waals surface area contributed by atoms with Crippen molar-refractivity contribution in [1.29, 1.82) is 0 Å². The summed E-state index contributed by atoms with van der Waals surface area (Å²) < 4.78 is 31.7. The lowest BCUT2D eigenvalue weighted by Crippen LogP contribution is -2.20. The summed E-state index contributed by atoms with van der Waals surface area (Å²) in [6.45, 7) is 4.56. The molecule has 0 aromatic carbocycles. The molecule has 0 bridgehead atoms. The fourth-order valence-corrected chi connectivity index (χ4v) is 1.21. The SMILES string of the molecule is CCNc1nc(NCC(C)OC)c(F)cc1F. The van der Waals surface area contributed by atoms with E-state index in [4.69, 9.17) is 4.74 Å². The molecule has 1 rings (SSSR count). The third-order valence-electron chi connectivity index (χ3n) is 2.23. The number of ether oxygens (including phenoxy) is 1. The number of halogens is 2. The number of nitrogens with zero attached hydrogens (tertiary/aromatic N) is 1. The van der Waals surface area contributed by atoms with Crippen LogP contribution in [0.2, 0.25) is 0 Å². The smallest absolute Gasteiger partial charge is 0.168 e. The van der Waals surface area contributed by atoms with Gasteiger partial charge in [-0.05, 0) is 13.8 Å². The predicted octanol–water partition coefficient (Wildman–Crippen LogP) is 2.24. The Morgan fingerprint density at radius 1 is 1.29 bits per heavy atom. The molecule has 0 saturated carbocycles. The summed E-state index contributed by atoms with van der Waals surface area (Å²) in [6, 6.07) is 0.810. The van der Waals surface area contributed by atoms with Gasteiger partial charge in [0.1, 0.15) is 0 Å². The molecule has 6 heteroatoms. The van der Waals surface area contributed by atoms with Crippen LogP contribution < -0.4 is 10.6 Å². The highest BCUT2D eigenvalue weighted by molar-refractivity contribution is 5.47. The van der Waals surface area contributed by atoms with Gasteiger partial charge in [-0.25, -0.2) is 13.8 Å². The normalized spacial score (nSPS) is 12.3. The molecule has 1 atom stereocenters. The van der Waals surface area contributed by atoms with Crippen LogP contribution in [0.15, 0.2) is 6.07 Å². The van der Waals surface area contributed by atoms with Crippen molar-refractivity contribution in [3.05, 3.63) is 17.7 Å². The maximum absolute atomic E-state index is 13.4. The number of hydrogen-bond acceptors (Lipinski definition) is 4. The standard InChI is InChI=1S/C11H17F2N3O/c1-4-14-10-8(12)5-9(13)11(16-10)15-6-7(2)17-3/h5,7H,4,6H2,1-3H3,(H2,14,15,16). The Labute approximate surface area is 99.4 Å². The largest absolute Gasteiger partial charge is 0.380 e. The number of rotatable bonds is 6. The Bertz CT molecular complexity index is 374. The van der Waals surface area contributed by atoms with E-state index >= 15 is 0 Å². The fraction of sp³-hybridized carbons (Fsp3) is 0.545. The summed E-state index contributed by atoms with van der Waals surface area (Å²) in [5, 5.41) is 5.49. The minimum Gasteiger partial charge on any atom is -0.380 e. The molecular weight excluding hydrogens is 228 g/mol. The summed E-state index contributed by atoms with van der Waals surface area (Å²) in [4.78, 5) is 3.84. The molecule has 0 aliphatic heterocycles. The number of hydrogen-bond donors (Lipinski definition) is 2. The molecule has 0 spiro atoms. The van der Waals surface area contributed by atoms with Crippen molar-refractivity contribution in [3.63, 3.8) is 0 Å². The minimum absolute atomic E-state index is 0.0197. The van der Waals surface area contributed by atoms with Gasteiger partial charge in [-0.1, -0.05) is 0 Å². The summed E-state index contributed by atoms with van der Waals surface area (Å²) in [5.41, 5.74) is 0. The molecule has 0 fully saturated rings. The van der Waals surface area contributed by atoms with E-state index in [-0.39, 0.29) is 17.7 Å². The average molecular weight is 245 g/mol. The Morgan fingerprint density at radius 2 is 1.88 bits per heavy atom. The quantitative estimate of drug-likeness (QED) is 0.807. The zero-order valence-electron chi connectivity index (χ0n) is 10.2. The number of aromatic nitrogens is 1. The van der Waals surface area contributed by atoms with Crippen LogP contribution in [-0.4, -0.2) is 31.3 Å². The summed E-state index contributed by atoms with van der Waals surface area (Å²) in [6.07, 6.45) is -0.0798. The number of nitrogens with one attached hydrogen (secondary N) is 2. The average Bonchev–Trinajstić information content (AvgIpc) is 2.30. The van der Waals surface area contributed by atoms with E-state index in [1.54, 1.807) is 7.11 Å². The minimum atomic E-state index is -0.715. The molecule has 0 radical (unpaired) electrons. The second-order valence-corrected chi connectivity index (χ2v) is 3.61. The summed E-state index contributed by atoms with van der Waals surface area (Å²) in [5.74, 6) is -1.35. The van der Waals surface area contributed by atoms with Crippen molar-refractivity contribution in [2.75, 3.05) is 30.8 Å². The third-order valence-corrected chi connectivity index (χ3v) is 2.23. The molecule has 0 saturated heterocycles. The summed E-state index contributed by atoms with van der Waals surface area (Å²) in [7, 11) is 1.56. The maximum Gasteiger partial charge on any atom is 0.168 e. The van der Waals surface area contributed by atoms with Gasteiger partial charge in [-0.3, -0.25) is 0 Å². The molecule has 96 valence electrons. The predicted molar refractivity (Wildman–Crippen MR) is 63.3 cm³/mol. The summed E-state index contributed by atoms with van der Waals surface area (Å²) >= 11 is 0. The highest BCUT2D eigenvalue weighted by Crippen LogP contribution is 2.18. The monoisotopic (exact) mass is 245 g/mol. The number of anilines is 2. The number of methoxy groups -OCH3 is 1. The molecule has 1 unspecified atom stereocenters. The molecule has 0 aliphatic carbocycles. The molecule has 1 aromatic heterocycles. The van der Waals surface area contributed by atoms with Crippen molar-refractivity contribution >= 4 is 11.6 Å². The van der Waals surface area contributed by atoms with Gasteiger partial charge in [0.15, 0.2) is 23.3 Å². The highest BCUT2D eigenvalue weighted by Gasteiger charge is 2.11. The van der Waals surface area contributed by atoms with Crippen molar-refractivity contribution in [2.45, 2.75) is 20.0 Å². The van der Waals surface area contributed by atoms with Crippen molar-refractivity contribution < 1.29 is 13.5 Å². The van der Waals surface area contributed by atoms with E-state index < -0.39 is 11.6 Å². The molecule has 1 heterocycles.